The van der Waals surface area contributed by atoms with Crippen LogP contribution in [0.1, 0.15) is 11.1 Å². The Kier molecular flexibility index (Phi) is 5.14. The van der Waals surface area contributed by atoms with Crippen molar-refractivity contribution in [3.63, 3.8) is 0 Å². The van der Waals surface area contributed by atoms with Gasteiger partial charge in [0.15, 0.2) is 17.2 Å². The molecule has 0 unspecified atom stereocenters. The zero-order valence-corrected chi connectivity index (χ0v) is 15.5. The fourth-order valence-corrected chi connectivity index (χ4v) is 2.93. The Morgan fingerprint density at radius 1 is 1.03 bits per heavy atom. The van der Waals surface area contributed by atoms with Crippen molar-refractivity contribution in [3.8, 4) is 17.3 Å². The number of hydrogen-bond acceptors (Lipinski definition) is 6. The van der Waals surface area contributed by atoms with E-state index in [0.29, 0.717) is 23.1 Å². The molecule has 32 heavy (non-hydrogen) atoms. The lowest BCUT2D eigenvalue weighted by atomic mass is 10.1. The SMILES string of the molecule is Fc1cc(CNc2ccc(OC(F)(F)F)c(C(F)(F)F)c2)cc2cc(-c3nnn[nH]3)oc12. The number of aromatic amines is 1. The van der Waals surface area contributed by atoms with E-state index in [1.54, 1.807) is 0 Å². The molecule has 0 aliphatic heterocycles. The van der Waals surface area contributed by atoms with Crippen molar-refractivity contribution in [2.75, 3.05) is 5.32 Å². The Morgan fingerprint density at radius 3 is 2.47 bits per heavy atom. The standard InChI is InChI=1S/C18H10F7N5O2/c19-12-4-8(3-9-5-14(31-15(9)12)16-27-29-30-28-16)7-26-10-1-2-13(32-18(23,24)25)11(6-10)17(20,21)22/h1-6,26H,7H2,(H,27,28,29,30). The highest BCUT2D eigenvalue weighted by atomic mass is 19.4. The Hall–Kier alpha value is -3.84. The van der Waals surface area contributed by atoms with Crippen LogP contribution in [-0.4, -0.2) is 27.0 Å². The zero-order valence-electron chi connectivity index (χ0n) is 15.5. The summed E-state index contributed by atoms with van der Waals surface area (Å²) in [6.45, 7) is -0.131. The number of fused-ring (bicyclic) bond motifs is 1. The average Bonchev–Trinajstić information content (AvgIpc) is 3.35. The normalized spacial score (nSPS) is 12.3. The maximum absolute atomic E-state index is 14.4. The van der Waals surface area contributed by atoms with Crippen LogP contribution in [0.2, 0.25) is 0 Å². The highest BCUT2D eigenvalue weighted by molar-refractivity contribution is 5.83. The molecular weight excluding hydrogens is 451 g/mol. The van der Waals surface area contributed by atoms with Gasteiger partial charge in [0, 0.05) is 17.6 Å². The summed E-state index contributed by atoms with van der Waals surface area (Å²) in [5.41, 5.74) is -1.50. The number of anilines is 1. The summed E-state index contributed by atoms with van der Waals surface area (Å²) in [6.07, 6.45) is -10.4. The van der Waals surface area contributed by atoms with Crippen LogP contribution >= 0.6 is 0 Å². The molecule has 0 saturated heterocycles. The van der Waals surface area contributed by atoms with Gasteiger partial charge in [0.2, 0.25) is 5.82 Å². The minimum atomic E-state index is -5.28. The molecule has 4 aromatic rings. The fourth-order valence-electron chi connectivity index (χ4n) is 2.93. The van der Waals surface area contributed by atoms with Crippen molar-refractivity contribution < 1.29 is 39.9 Å². The first-order valence-electron chi connectivity index (χ1n) is 8.66. The summed E-state index contributed by atoms with van der Waals surface area (Å²) < 4.78 is 99.8. The van der Waals surface area contributed by atoms with Gasteiger partial charge >= 0.3 is 12.5 Å². The molecule has 0 aliphatic rings. The maximum Gasteiger partial charge on any atom is 0.573 e. The van der Waals surface area contributed by atoms with Gasteiger partial charge in [0.25, 0.3) is 0 Å². The molecule has 2 aromatic heterocycles. The van der Waals surface area contributed by atoms with E-state index < -0.39 is 29.7 Å². The van der Waals surface area contributed by atoms with Crippen LogP contribution in [0.25, 0.3) is 22.6 Å². The molecular formula is C18H10F7N5O2. The molecule has 7 nitrogen and oxygen atoms in total. The summed E-state index contributed by atoms with van der Waals surface area (Å²) in [5.74, 6) is -1.77. The minimum Gasteiger partial charge on any atom is -0.450 e. The average molecular weight is 461 g/mol. The van der Waals surface area contributed by atoms with E-state index in [1.165, 1.54) is 12.1 Å². The number of aromatic nitrogens is 4. The van der Waals surface area contributed by atoms with Crippen LogP contribution in [0.3, 0.4) is 0 Å². The second-order valence-electron chi connectivity index (χ2n) is 6.47. The number of tetrazole rings is 1. The van der Waals surface area contributed by atoms with Crippen molar-refractivity contribution in [1.82, 2.24) is 20.6 Å². The van der Waals surface area contributed by atoms with E-state index in [1.807, 2.05) is 0 Å². The Bertz CT molecular complexity index is 1250. The number of halogens is 7. The number of H-pyrrole nitrogens is 1. The van der Waals surface area contributed by atoms with Gasteiger partial charge in [0.1, 0.15) is 5.75 Å². The van der Waals surface area contributed by atoms with E-state index in [-0.39, 0.29) is 29.4 Å². The topological polar surface area (TPSA) is 88.9 Å². The molecule has 168 valence electrons. The Labute approximate surface area is 173 Å². The highest BCUT2D eigenvalue weighted by Gasteiger charge is 2.39. The molecule has 0 aliphatic carbocycles. The monoisotopic (exact) mass is 461 g/mol. The molecule has 0 amide bonds. The lowest BCUT2D eigenvalue weighted by Gasteiger charge is -2.17. The molecule has 0 radical (unpaired) electrons. The van der Waals surface area contributed by atoms with Crippen molar-refractivity contribution in [3.05, 3.63) is 53.3 Å². The number of alkyl halides is 6. The largest absolute Gasteiger partial charge is 0.573 e. The van der Waals surface area contributed by atoms with Crippen molar-refractivity contribution >= 4 is 16.7 Å². The third kappa shape index (κ3) is 4.58. The van der Waals surface area contributed by atoms with E-state index >= 15 is 0 Å². The zero-order chi connectivity index (χ0) is 23.1. The van der Waals surface area contributed by atoms with Crippen LogP contribution in [0.15, 0.2) is 40.8 Å². The predicted molar refractivity (Wildman–Crippen MR) is 94.8 cm³/mol. The van der Waals surface area contributed by atoms with Gasteiger partial charge in [0.05, 0.1) is 5.56 Å². The van der Waals surface area contributed by atoms with E-state index in [9.17, 15) is 30.7 Å². The smallest absolute Gasteiger partial charge is 0.450 e. The van der Waals surface area contributed by atoms with Crippen LogP contribution in [-0.2, 0) is 12.7 Å². The number of rotatable bonds is 5. The van der Waals surface area contributed by atoms with Crippen molar-refractivity contribution in [1.29, 1.82) is 0 Å². The quantitative estimate of drug-likeness (QED) is 0.393. The number of furan rings is 1. The number of hydrogen-bond donors (Lipinski definition) is 2. The van der Waals surface area contributed by atoms with E-state index in [4.69, 9.17) is 4.42 Å². The molecule has 0 spiro atoms. The third-order valence-corrected chi connectivity index (χ3v) is 4.22. The van der Waals surface area contributed by atoms with Gasteiger partial charge < -0.3 is 14.5 Å². The molecule has 2 N–H and O–H groups in total. The summed E-state index contributed by atoms with van der Waals surface area (Å²) in [6, 6.07) is 6.10. The number of nitrogens with zero attached hydrogens (tertiary/aromatic N) is 3. The van der Waals surface area contributed by atoms with Gasteiger partial charge in [-0.05, 0) is 52.4 Å². The first-order chi connectivity index (χ1) is 15.0. The Morgan fingerprint density at radius 2 is 1.81 bits per heavy atom. The van der Waals surface area contributed by atoms with Crippen molar-refractivity contribution in [2.24, 2.45) is 0 Å². The molecule has 0 fully saturated rings. The Balaban J connectivity index is 1.57. The lowest BCUT2D eigenvalue weighted by Crippen LogP contribution is -2.20. The second-order valence-corrected chi connectivity index (χ2v) is 6.47. The predicted octanol–water partition coefficient (Wildman–Crippen LogP) is 5.28. The summed E-state index contributed by atoms with van der Waals surface area (Å²) in [4.78, 5) is 0. The number of benzene rings is 2. The van der Waals surface area contributed by atoms with Crippen LogP contribution < -0.4 is 10.1 Å². The van der Waals surface area contributed by atoms with Crippen molar-refractivity contribution in [2.45, 2.75) is 19.1 Å². The summed E-state index contributed by atoms with van der Waals surface area (Å²) >= 11 is 0. The summed E-state index contributed by atoms with van der Waals surface area (Å²) in [5, 5.41) is 15.8. The molecule has 0 saturated carbocycles. The molecule has 14 heteroatoms. The van der Waals surface area contributed by atoms with Crippen LogP contribution in [0.5, 0.6) is 5.75 Å². The van der Waals surface area contributed by atoms with Gasteiger partial charge in [-0.15, -0.1) is 18.3 Å². The van der Waals surface area contributed by atoms with Crippen LogP contribution in [0, 0.1) is 5.82 Å². The lowest BCUT2D eigenvalue weighted by molar-refractivity contribution is -0.276. The first kappa shape index (κ1) is 21.4. The minimum absolute atomic E-state index is 0.0758. The number of nitrogens with one attached hydrogen (secondary N) is 2. The van der Waals surface area contributed by atoms with E-state index in [0.717, 1.165) is 12.1 Å². The van der Waals surface area contributed by atoms with E-state index in [2.05, 4.69) is 30.7 Å². The van der Waals surface area contributed by atoms with Gasteiger partial charge in [-0.1, -0.05) is 0 Å². The van der Waals surface area contributed by atoms with Gasteiger partial charge in [-0.2, -0.15) is 13.2 Å². The van der Waals surface area contributed by atoms with Gasteiger partial charge in [-0.3, -0.25) is 0 Å². The molecule has 2 aromatic carbocycles. The van der Waals surface area contributed by atoms with Crippen LogP contribution in [0.4, 0.5) is 36.4 Å². The van der Waals surface area contributed by atoms with Gasteiger partial charge in [-0.25, -0.2) is 9.49 Å². The third-order valence-electron chi connectivity index (χ3n) is 4.22. The summed E-state index contributed by atoms with van der Waals surface area (Å²) in [7, 11) is 0. The number of ether oxygens (including phenoxy) is 1. The molecule has 0 atom stereocenters. The molecule has 2 heterocycles. The maximum atomic E-state index is 14.4. The molecule has 4 rings (SSSR count). The first-order valence-corrected chi connectivity index (χ1v) is 8.66. The fraction of sp³-hybridized carbons (Fsp3) is 0.167. The molecule has 0 bridgehead atoms. The highest BCUT2D eigenvalue weighted by Crippen LogP contribution is 2.40. The second kappa shape index (κ2) is 7.69.